The molecule has 3 amide bonds. The molecule has 1 saturated heterocycles. The first kappa shape index (κ1) is 18.2. The minimum Gasteiger partial charge on any atom is -0.486 e. The number of nitrogens with zero attached hydrogens (tertiary/aromatic N) is 1. The molecule has 7 heteroatoms. The highest BCUT2D eigenvalue weighted by Crippen LogP contribution is 2.35. The molecular weight excluding hydrogens is 358 g/mol. The van der Waals surface area contributed by atoms with E-state index in [-0.39, 0.29) is 24.4 Å². The van der Waals surface area contributed by atoms with Crippen LogP contribution in [0.2, 0.25) is 0 Å². The largest absolute Gasteiger partial charge is 0.486 e. The Kier molecular flexibility index (Phi) is 4.81. The van der Waals surface area contributed by atoms with E-state index in [2.05, 4.69) is 10.6 Å². The number of urea groups is 1. The van der Waals surface area contributed by atoms with Crippen LogP contribution in [0.5, 0.6) is 11.5 Å². The van der Waals surface area contributed by atoms with Crippen molar-refractivity contribution in [3.8, 4) is 11.5 Å². The van der Waals surface area contributed by atoms with Gasteiger partial charge in [-0.05, 0) is 37.6 Å². The molecule has 2 aliphatic heterocycles. The lowest BCUT2D eigenvalue weighted by Crippen LogP contribution is -2.39. The number of amides is 3. The molecule has 0 radical (unpaired) electrons. The Labute approximate surface area is 163 Å². The molecule has 0 aromatic heterocycles. The van der Waals surface area contributed by atoms with Crippen LogP contribution in [0.4, 0.5) is 16.2 Å². The predicted octanol–water partition coefficient (Wildman–Crippen LogP) is 3.00. The molecule has 2 aromatic carbocycles. The van der Waals surface area contributed by atoms with Gasteiger partial charge < -0.3 is 25.0 Å². The highest BCUT2D eigenvalue weighted by Gasteiger charge is 2.32. The second-order valence-corrected chi connectivity index (χ2v) is 7.15. The van der Waals surface area contributed by atoms with E-state index in [0.717, 1.165) is 22.5 Å². The minimum absolute atomic E-state index is 0.0338. The topological polar surface area (TPSA) is 79.9 Å². The van der Waals surface area contributed by atoms with Crippen LogP contribution in [-0.2, 0) is 4.79 Å². The normalized spacial score (nSPS) is 18.1. The Morgan fingerprint density at radius 2 is 1.86 bits per heavy atom. The van der Waals surface area contributed by atoms with Crippen molar-refractivity contribution >= 4 is 23.3 Å². The molecule has 0 saturated carbocycles. The van der Waals surface area contributed by atoms with Crippen LogP contribution in [0, 0.1) is 13.8 Å². The molecule has 7 nitrogen and oxygen atoms in total. The van der Waals surface area contributed by atoms with Gasteiger partial charge >= 0.3 is 6.03 Å². The summed E-state index contributed by atoms with van der Waals surface area (Å²) >= 11 is 0. The Balaban J connectivity index is 1.40. The first-order chi connectivity index (χ1) is 13.5. The van der Waals surface area contributed by atoms with Crippen LogP contribution in [0.1, 0.15) is 17.5 Å². The van der Waals surface area contributed by atoms with Crippen LogP contribution in [0.15, 0.2) is 36.4 Å². The van der Waals surface area contributed by atoms with Crippen molar-refractivity contribution in [2.45, 2.75) is 26.3 Å². The lowest BCUT2D eigenvalue weighted by atomic mass is 10.1. The van der Waals surface area contributed by atoms with E-state index >= 15 is 0 Å². The van der Waals surface area contributed by atoms with Crippen molar-refractivity contribution in [2.75, 3.05) is 30.0 Å². The van der Waals surface area contributed by atoms with Crippen molar-refractivity contribution in [1.82, 2.24) is 5.32 Å². The van der Waals surface area contributed by atoms with Crippen molar-refractivity contribution < 1.29 is 19.1 Å². The lowest BCUT2D eigenvalue weighted by molar-refractivity contribution is -0.117. The van der Waals surface area contributed by atoms with E-state index in [1.165, 1.54) is 0 Å². The third kappa shape index (κ3) is 3.74. The number of ether oxygens (including phenoxy) is 2. The lowest BCUT2D eigenvalue weighted by Gasteiger charge is -2.22. The van der Waals surface area contributed by atoms with Gasteiger partial charge in [0.2, 0.25) is 5.91 Å². The smallest absolute Gasteiger partial charge is 0.319 e. The van der Waals surface area contributed by atoms with E-state index in [9.17, 15) is 9.59 Å². The number of hydrogen-bond acceptors (Lipinski definition) is 4. The summed E-state index contributed by atoms with van der Waals surface area (Å²) in [5.41, 5.74) is 3.64. The van der Waals surface area contributed by atoms with Gasteiger partial charge in [0.1, 0.15) is 13.2 Å². The molecule has 2 heterocycles. The average Bonchev–Trinajstić information content (AvgIpc) is 3.03. The van der Waals surface area contributed by atoms with Gasteiger partial charge in [-0.1, -0.05) is 17.7 Å². The third-order valence-electron chi connectivity index (χ3n) is 4.93. The van der Waals surface area contributed by atoms with Gasteiger partial charge in [0.05, 0.1) is 6.04 Å². The number of carbonyl (C=O) groups excluding carboxylic acids is 2. The average molecular weight is 381 g/mol. The molecule has 2 N–H and O–H groups in total. The molecular formula is C21H23N3O4. The van der Waals surface area contributed by atoms with Crippen LogP contribution in [-0.4, -0.2) is 37.7 Å². The summed E-state index contributed by atoms with van der Waals surface area (Å²) in [6.07, 6.45) is 0.259. The number of anilines is 2. The third-order valence-corrected chi connectivity index (χ3v) is 4.93. The first-order valence-electron chi connectivity index (χ1n) is 9.34. The summed E-state index contributed by atoms with van der Waals surface area (Å²) < 4.78 is 11.1. The number of fused-ring (bicyclic) bond motifs is 1. The Hall–Kier alpha value is -3.22. The maximum Gasteiger partial charge on any atom is 0.319 e. The minimum atomic E-state index is -0.311. The highest BCUT2D eigenvalue weighted by atomic mass is 16.6. The molecule has 0 bridgehead atoms. The molecule has 0 spiro atoms. The molecule has 2 aliphatic rings. The molecule has 4 rings (SSSR count). The van der Waals surface area contributed by atoms with Gasteiger partial charge in [-0.15, -0.1) is 0 Å². The number of carbonyl (C=O) groups is 2. The zero-order chi connectivity index (χ0) is 19.7. The summed E-state index contributed by atoms with van der Waals surface area (Å²) in [5, 5.41) is 5.75. The fourth-order valence-electron chi connectivity index (χ4n) is 3.55. The van der Waals surface area contributed by atoms with Gasteiger partial charge in [-0.25, -0.2) is 4.79 Å². The number of aryl methyl sites for hydroxylation is 2. The molecule has 0 aliphatic carbocycles. The maximum atomic E-state index is 12.5. The van der Waals surface area contributed by atoms with E-state index < -0.39 is 0 Å². The van der Waals surface area contributed by atoms with Gasteiger partial charge in [0, 0.05) is 30.4 Å². The van der Waals surface area contributed by atoms with Crippen LogP contribution < -0.4 is 25.0 Å². The summed E-state index contributed by atoms with van der Waals surface area (Å²) in [5.74, 6) is 1.29. The maximum absolute atomic E-state index is 12.5. The molecule has 1 fully saturated rings. The standard InChI is InChI=1S/C21H23N3O4/c1-13-3-5-17(14(2)9-13)23-21(26)22-15-10-20(25)24(12-15)16-4-6-18-19(11-16)28-8-7-27-18/h3-6,9,11,15H,7-8,10,12H2,1-2H3,(H2,22,23,26)/t15-/m1/s1. The van der Waals surface area contributed by atoms with Crippen molar-refractivity contribution in [1.29, 1.82) is 0 Å². The van der Waals surface area contributed by atoms with E-state index in [1.54, 1.807) is 4.90 Å². The van der Waals surface area contributed by atoms with Crippen molar-refractivity contribution in [2.24, 2.45) is 0 Å². The van der Waals surface area contributed by atoms with Crippen molar-refractivity contribution in [3.63, 3.8) is 0 Å². The number of benzene rings is 2. The molecule has 28 heavy (non-hydrogen) atoms. The van der Waals surface area contributed by atoms with Crippen LogP contribution in [0.3, 0.4) is 0 Å². The highest BCUT2D eigenvalue weighted by molar-refractivity contribution is 5.98. The van der Waals surface area contributed by atoms with Gasteiger partial charge in [-0.2, -0.15) is 0 Å². The van der Waals surface area contributed by atoms with E-state index in [0.29, 0.717) is 31.3 Å². The fourth-order valence-corrected chi connectivity index (χ4v) is 3.55. The molecule has 0 unspecified atom stereocenters. The van der Waals surface area contributed by atoms with E-state index in [1.807, 2.05) is 50.2 Å². The number of rotatable bonds is 3. The Bertz CT molecular complexity index is 928. The summed E-state index contributed by atoms with van der Waals surface area (Å²) in [4.78, 5) is 26.5. The quantitative estimate of drug-likeness (QED) is 0.857. The Morgan fingerprint density at radius 3 is 2.64 bits per heavy atom. The summed E-state index contributed by atoms with van der Waals surface area (Å²) in [6, 6.07) is 10.7. The number of nitrogens with one attached hydrogen (secondary N) is 2. The zero-order valence-electron chi connectivity index (χ0n) is 16.0. The molecule has 1 atom stereocenters. The second-order valence-electron chi connectivity index (χ2n) is 7.15. The Morgan fingerprint density at radius 1 is 1.07 bits per heavy atom. The molecule has 2 aromatic rings. The van der Waals surface area contributed by atoms with Gasteiger partial charge in [-0.3, -0.25) is 4.79 Å². The predicted molar refractivity (Wildman–Crippen MR) is 106 cm³/mol. The zero-order valence-corrected chi connectivity index (χ0v) is 16.0. The number of hydrogen-bond donors (Lipinski definition) is 2. The monoisotopic (exact) mass is 381 g/mol. The summed E-state index contributed by atoms with van der Waals surface area (Å²) in [7, 11) is 0. The fraction of sp³-hybridized carbons (Fsp3) is 0.333. The van der Waals surface area contributed by atoms with Gasteiger partial charge in [0.25, 0.3) is 0 Å². The van der Waals surface area contributed by atoms with E-state index in [4.69, 9.17) is 9.47 Å². The van der Waals surface area contributed by atoms with Crippen LogP contribution in [0.25, 0.3) is 0 Å². The van der Waals surface area contributed by atoms with Crippen LogP contribution >= 0.6 is 0 Å². The first-order valence-corrected chi connectivity index (χ1v) is 9.34. The molecule has 146 valence electrons. The van der Waals surface area contributed by atoms with Gasteiger partial charge in [0.15, 0.2) is 11.5 Å². The SMILES string of the molecule is Cc1ccc(NC(=O)N[C@@H]2CC(=O)N(c3ccc4c(c3)OCCO4)C2)c(C)c1. The second kappa shape index (κ2) is 7.42. The van der Waals surface area contributed by atoms with Crippen molar-refractivity contribution in [3.05, 3.63) is 47.5 Å². The summed E-state index contributed by atoms with van der Waals surface area (Å²) in [6.45, 7) is 5.39.